The number of halogens is 2. The molecule has 0 spiro atoms. The number of likely N-dealkylation sites (N-methyl/N-ethyl adjacent to an activating group) is 1. The summed E-state index contributed by atoms with van der Waals surface area (Å²) < 4.78 is 19.4. The first-order valence-electron chi connectivity index (χ1n) is 6.07. The largest absolute Gasteiger partial charge is 0.374 e. The molecule has 0 fully saturated rings. The molecule has 1 rings (SSSR count). The molecule has 102 valence electrons. The molecule has 2 nitrogen and oxygen atoms in total. The summed E-state index contributed by atoms with van der Waals surface area (Å²) in [5, 5.41) is 3.56. The Kier molecular flexibility index (Phi) is 5.57. The molecule has 0 saturated heterocycles. The summed E-state index contributed by atoms with van der Waals surface area (Å²) in [4.78, 5) is 0. The van der Waals surface area contributed by atoms with Crippen LogP contribution in [0.3, 0.4) is 0 Å². The van der Waals surface area contributed by atoms with Gasteiger partial charge in [-0.1, -0.05) is 17.7 Å². The molecule has 0 radical (unpaired) electrons. The van der Waals surface area contributed by atoms with Crippen LogP contribution in [0.5, 0.6) is 0 Å². The maximum Gasteiger partial charge on any atom is 0.127 e. The zero-order chi connectivity index (χ0) is 13.8. The van der Waals surface area contributed by atoms with E-state index in [0.717, 1.165) is 0 Å². The molecule has 4 heteroatoms. The molecule has 1 aromatic rings. The van der Waals surface area contributed by atoms with Gasteiger partial charge in [-0.3, -0.25) is 0 Å². The third-order valence-corrected chi connectivity index (χ3v) is 2.84. The maximum absolute atomic E-state index is 13.7. The van der Waals surface area contributed by atoms with Gasteiger partial charge in [-0.05, 0) is 51.9 Å². The Morgan fingerprint density at radius 3 is 2.56 bits per heavy atom. The van der Waals surface area contributed by atoms with E-state index in [1.165, 1.54) is 6.07 Å². The van der Waals surface area contributed by atoms with E-state index in [9.17, 15) is 4.39 Å². The van der Waals surface area contributed by atoms with Crippen molar-refractivity contribution in [2.75, 3.05) is 13.7 Å². The Morgan fingerprint density at radius 1 is 1.39 bits per heavy atom. The highest BCUT2D eigenvalue weighted by atomic mass is 35.5. The Morgan fingerprint density at radius 2 is 2.06 bits per heavy atom. The van der Waals surface area contributed by atoms with Gasteiger partial charge in [0.15, 0.2) is 0 Å². The lowest BCUT2D eigenvalue weighted by Gasteiger charge is -2.24. The average molecular weight is 274 g/mol. The predicted octanol–water partition coefficient (Wildman–Crippen LogP) is 3.42. The summed E-state index contributed by atoms with van der Waals surface area (Å²) in [5.41, 5.74) is 0.462. The van der Waals surface area contributed by atoms with E-state index in [-0.39, 0.29) is 17.5 Å². The fourth-order valence-electron chi connectivity index (χ4n) is 1.55. The van der Waals surface area contributed by atoms with Crippen LogP contribution in [0.1, 0.15) is 26.3 Å². The lowest BCUT2D eigenvalue weighted by atomic mass is 10.1. The fourth-order valence-corrected chi connectivity index (χ4v) is 1.71. The Balaban J connectivity index is 2.62. The molecule has 1 aromatic carbocycles. The van der Waals surface area contributed by atoms with Crippen LogP contribution in [0, 0.1) is 5.82 Å². The molecule has 0 heterocycles. The van der Waals surface area contributed by atoms with Gasteiger partial charge in [0.2, 0.25) is 0 Å². The number of hydrogen-bond donors (Lipinski definition) is 1. The van der Waals surface area contributed by atoms with E-state index in [1.54, 1.807) is 12.1 Å². The van der Waals surface area contributed by atoms with Crippen molar-refractivity contribution >= 4 is 11.6 Å². The van der Waals surface area contributed by atoms with Crippen LogP contribution in [-0.4, -0.2) is 25.3 Å². The van der Waals surface area contributed by atoms with Crippen LogP contribution in [0.2, 0.25) is 5.02 Å². The van der Waals surface area contributed by atoms with E-state index in [0.29, 0.717) is 23.6 Å². The molecule has 1 atom stereocenters. The first kappa shape index (κ1) is 15.4. The summed E-state index contributed by atoms with van der Waals surface area (Å²) in [6.45, 7) is 6.55. The van der Waals surface area contributed by atoms with Crippen LogP contribution in [0.15, 0.2) is 18.2 Å². The minimum absolute atomic E-state index is 0.0832. The highest BCUT2D eigenvalue weighted by molar-refractivity contribution is 6.30. The van der Waals surface area contributed by atoms with Gasteiger partial charge in [0.05, 0.1) is 12.2 Å². The van der Waals surface area contributed by atoms with Crippen molar-refractivity contribution in [3.05, 3.63) is 34.6 Å². The van der Waals surface area contributed by atoms with E-state index in [1.807, 2.05) is 27.8 Å². The van der Waals surface area contributed by atoms with Gasteiger partial charge in [0, 0.05) is 11.1 Å². The first-order chi connectivity index (χ1) is 8.31. The molecular weight excluding hydrogens is 253 g/mol. The van der Waals surface area contributed by atoms with Gasteiger partial charge in [-0.15, -0.1) is 0 Å². The Hall–Kier alpha value is -0.640. The van der Waals surface area contributed by atoms with Crippen molar-refractivity contribution in [3.63, 3.8) is 0 Å². The monoisotopic (exact) mass is 273 g/mol. The lowest BCUT2D eigenvalue weighted by Crippen LogP contribution is -2.36. The lowest BCUT2D eigenvalue weighted by molar-refractivity contribution is -0.0135. The minimum Gasteiger partial charge on any atom is -0.374 e. The van der Waals surface area contributed by atoms with Crippen LogP contribution < -0.4 is 5.32 Å². The quantitative estimate of drug-likeness (QED) is 0.888. The molecular formula is C14H21ClFNO. The van der Waals surface area contributed by atoms with E-state index in [4.69, 9.17) is 16.3 Å². The van der Waals surface area contributed by atoms with E-state index < -0.39 is 0 Å². The highest BCUT2D eigenvalue weighted by Crippen LogP contribution is 2.17. The average Bonchev–Trinajstić information content (AvgIpc) is 2.25. The zero-order valence-corrected chi connectivity index (χ0v) is 12.1. The number of benzene rings is 1. The predicted molar refractivity (Wildman–Crippen MR) is 73.7 cm³/mol. The van der Waals surface area contributed by atoms with Crippen molar-refractivity contribution in [1.82, 2.24) is 5.32 Å². The summed E-state index contributed by atoms with van der Waals surface area (Å²) in [6, 6.07) is 4.85. The number of nitrogens with one attached hydrogen (secondary N) is 1. The molecule has 1 N–H and O–H groups in total. The Labute approximate surface area is 113 Å². The maximum atomic E-state index is 13.7. The van der Waals surface area contributed by atoms with Gasteiger partial charge in [-0.25, -0.2) is 4.39 Å². The standard InChI is InChI=1S/C14H21ClFNO/c1-14(2,3)18-9-12(17-4)7-10-5-6-11(15)8-13(10)16/h5-6,8,12,17H,7,9H2,1-4H3. The normalized spacial score (nSPS) is 13.7. The van der Waals surface area contributed by atoms with Crippen LogP contribution in [0.4, 0.5) is 4.39 Å². The summed E-state index contributed by atoms with van der Waals surface area (Å²) >= 11 is 5.73. The summed E-state index contributed by atoms with van der Waals surface area (Å²) in [7, 11) is 1.85. The third kappa shape index (κ3) is 5.34. The molecule has 0 bridgehead atoms. The van der Waals surface area contributed by atoms with Crippen molar-refractivity contribution in [1.29, 1.82) is 0 Å². The molecule has 0 aliphatic carbocycles. The van der Waals surface area contributed by atoms with Crippen LogP contribution in [-0.2, 0) is 11.2 Å². The molecule has 0 aliphatic rings. The SMILES string of the molecule is CNC(COC(C)(C)C)Cc1ccc(Cl)cc1F. The summed E-state index contributed by atoms with van der Waals surface area (Å²) in [6.07, 6.45) is 0.579. The highest BCUT2D eigenvalue weighted by Gasteiger charge is 2.16. The van der Waals surface area contributed by atoms with Gasteiger partial charge < -0.3 is 10.1 Å². The van der Waals surface area contributed by atoms with Crippen LogP contribution >= 0.6 is 11.6 Å². The molecule has 18 heavy (non-hydrogen) atoms. The smallest absolute Gasteiger partial charge is 0.127 e. The van der Waals surface area contributed by atoms with Crippen molar-refractivity contribution < 1.29 is 9.13 Å². The molecule has 0 aliphatic heterocycles. The second-order valence-corrected chi connectivity index (χ2v) is 5.79. The van der Waals surface area contributed by atoms with Crippen molar-refractivity contribution in [3.8, 4) is 0 Å². The number of rotatable bonds is 5. The Bertz CT molecular complexity index is 390. The van der Waals surface area contributed by atoms with E-state index >= 15 is 0 Å². The van der Waals surface area contributed by atoms with Crippen LogP contribution in [0.25, 0.3) is 0 Å². The first-order valence-corrected chi connectivity index (χ1v) is 6.45. The topological polar surface area (TPSA) is 21.3 Å². The third-order valence-electron chi connectivity index (χ3n) is 2.61. The van der Waals surface area contributed by atoms with Crippen molar-refractivity contribution in [2.45, 2.75) is 38.8 Å². The minimum atomic E-state index is -0.265. The van der Waals surface area contributed by atoms with Gasteiger partial charge in [-0.2, -0.15) is 0 Å². The number of ether oxygens (including phenoxy) is 1. The number of hydrogen-bond acceptors (Lipinski definition) is 2. The van der Waals surface area contributed by atoms with Gasteiger partial charge in [0.1, 0.15) is 5.82 Å². The second kappa shape index (κ2) is 6.50. The molecule has 0 aromatic heterocycles. The van der Waals surface area contributed by atoms with E-state index in [2.05, 4.69) is 5.32 Å². The zero-order valence-electron chi connectivity index (χ0n) is 11.4. The fraction of sp³-hybridized carbons (Fsp3) is 0.571. The summed E-state index contributed by atoms with van der Waals surface area (Å²) in [5.74, 6) is -0.265. The van der Waals surface area contributed by atoms with Gasteiger partial charge >= 0.3 is 0 Å². The second-order valence-electron chi connectivity index (χ2n) is 5.35. The van der Waals surface area contributed by atoms with Gasteiger partial charge in [0.25, 0.3) is 0 Å². The van der Waals surface area contributed by atoms with Crippen molar-refractivity contribution in [2.24, 2.45) is 0 Å². The molecule has 0 saturated carbocycles. The molecule has 1 unspecified atom stereocenters. The molecule has 0 amide bonds.